The highest BCUT2D eigenvalue weighted by atomic mass is 35.5. The van der Waals surface area contributed by atoms with Crippen molar-refractivity contribution in [1.82, 2.24) is 10.2 Å². The second-order valence-corrected chi connectivity index (χ2v) is 5.51. The maximum absolute atomic E-state index is 11.2. The fourth-order valence-electron chi connectivity index (χ4n) is 2.20. The normalized spacial score (nSPS) is 11.8. The maximum Gasteiger partial charge on any atom is 0.238 e. The molecule has 0 radical (unpaired) electrons. The van der Waals surface area contributed by atoms with E-state index in [1.54, 1.807) is 0 Å². The van der Waals surface area contributed by atoms with Gasteiger partial charge in [-0.3, -0.25) is 9.63 Å². The average molecular weight is 349 g/mol. The van der Waals surface area contributed by atoms with Crippen LogP contribution in [0.5, 0.6) is 5.75 Å². The summed E-state index contributed by atoms with van der Waals surface area (Å²) in [5.74, 6) is 0.488. The van der Waals surface area contributed by atoms with Gasteiger partial charge in [0, 0.05) is 24.9 Å². The number of hydrogen-bond acceptors (Lipinski definition) is 4. The Labute approximate surface area is 146 Å². The summed E-state index contributed by atoms with van der Waals surface area (Å²) in [4.78, 5) is 13.2. The van der Waals surface area contributed by atoms with Crippen LogP contribution in [0.4, 0.5) is 0 Å². The Balaban J connectivity index is 1.64. The molecule has 0 fully saturated rings. The van der Waals surface area contributed by atoms with Crippen LogP contribution in [-0.4, -0.2) is 30.7 Å². The Kier molecular flexibility index (Phi) is 7.55. The number of rotatable bonds is 9. The number of benzene rings is 2. The topological polar surface area (TPSA) is 70.6 Å². The van der Waals surface area contributed by atoms with Crippen molar-refractivity contribution < 1.29 is 14.6 Å². The number of amides is 1. The third-order valence-corrected chi connectivity index (χ3v) is 3.67. The highest BCUT2D eigenvalue weighted by molar-refractivity contribution is 6.21. The molecule has 3 N–H and O–H groups in total. The van der Waals surface area contributed by atoms with Crippen LogP contribution in [0.1, 0.15) is 17.2 Å². The van der Waals surface area contributed by atoms with Crippen molar-refractivity contribution in [2.45, 2.75) is 12.5 Å². The molecule has 0 aliphatic carbocycles. The summed E-state index contributed by atoms with van der Waals surface area (Å²) in [6, 6.07) is 16.8. The third kappa shape index (κ3) is 6.20. The summed E-state index contributed by atoms with van der Waals surface area (Å²) in [6.07, 6.45) is -0.290. The first kappa shape index (κ1) is 18.3. The summed E-state index contributed by atoms with van der Waals surface area (Å²) < 4.78 is 5.61. The van der Waals surface area contributed by atoms with Crippen LogP contribution < -0.4 is 14.9 Å². The summed E-state index contributed by atoms with van der Waals surface area (Å²) in [6.45, 7) is 1.59. The summed E-state index contributed by atoms with van der Waals surface area (Å²) in [7, 11) is 0. The monoisotopic (exact) mass is 348 g/mol. The SMILES string of the molecule is O=C(Cc1ccc(OCCNCC(O)c2ccccc2)cc1)NCl. The molecule has 2 rings (SSSR count). The average Bonchev–Trinajstić information content (AvgIpc) is 2.63. The van der Waals surface area contributed by atoms with Gasteiger partial charge in [0.05, 0.1) is 12.5 Å². The highest BCUT2D eigenvalue weighted by Gasteiger charge is 2.05. The van der Waals surface area contributed by atoms with Crippen LogP contribution in [0.3, 0.4) is 0 Å². The summed E-state index contributed by atoms with van der Waals surface area (Å²) in [5, 5.41) is 13.2. The van der Waals surface area contributed by atoms with Gasteiger partial charge in [0.2, 0.25) is 5.91 Å². The third-order valence-electron chi connectivity index (χ3n) is 3.46. The van der Waals surface area contributed by atoms with Gasteiger partial charge in [0.15, 0.2) is 0 Å². The van der Waals surface area contributed by atoms with E-state index in [0.717, 1.165) is 16.9 Å². The fraction of sp³-hybridized carbons (Fsp3) is 0.278. The van der Waals surface area contributed by atoms with E-state index in [9.17, 15) is 9.90 Å². The molecule has 0 aliphatic rings. The second-order valence-electron chi connectivity index (χ2n) is 5.32. The Morgan fingerprint density at radius 3 is 2.50 bits per heavy atom. The first-order valence-electron chi connectivity index (χ1n) is 7.74. The van der Waals surface area contributed by atoms with Crippen LogP contribution in [-0.2, 0) is 11.2 Å². The molecule has 0 bridgehead atoms. The van der Waals surface area contributed by atoms with E-state index >= 15 is 0 Å². The molecule has 0 saturated carbocycles. The number of hydrogen-bond donors (Lipinski definition) is 3. The van der Waals surface area contributed by atoms with Crippen molar-refractivity contribution in [3.8, 4) is 5.75 Å². The minimum atomic E-state index is -0.529. The molecule has 1 unspecified atom stereocenters. The molecular formula is C18H21ClN2O3. The quantitative estimate of drug-likeness (QED) is 0.480. The van der Waals surface area contributed by atoms with Gasteiger partial charge in [-0.25, -0.2) is 0 Å². The first-order chi connectivity index (χ1) is 11.7. The smallest absolute Gasteiger partial charge is 0.238 e. The lowest BCUT2D eigenvalue weighted by Gasteiger charge is -2.12. The zero-order chi connectivity index (χ0) is 17.2. The molecule has 0 aliphatic heterocycles. The van der Waals surface area contributed by atoms with Gasteiger partial charge in [-0.1, -0.05) is 42.5 Å². The number of aliphatic hydroxyl groups excluding tert-OH is 1. The van der Waals surface area contributed by atoms with Crippen molar-refractivity contribution in [1.29, 1.82) is 0 Å². The highest BCUT2D eigenvalue weighted by Crippen LogP contribution is 2.13. The summed E-state index contributed by atoms with van der Waals surface area (Å²) >= 11 is 5.24. The van der Waals surface area contributed by atoms with Gasteiger partial charge in [-0.15, -0.1) is 0 Å². The van der Waals surface area contributed by atoms with E-state index in [1.165, 1.54) is 0 Å². The molecular weight excluding hydrogens is 328 g/mol. The molecule has 5 nitrogen and oxygen atoms in total. The van der Waals surface area contributed by atoms with Crippen LogP contribution >= 0.6 is 11.8 Å². The molecule has 0 aromatic heterocycles. The largest absolute Gasteiger partial charge is 0.492 e. The van der Waals surface area contributed by atoms with Crippen LogP contribution in [0.15, 0.2) is 54.6 Å². The fourth-order valence-corrected chi connectivity index (χ4v) is 2.26. The van der Waals surface area contributed by atoms with Crippen LogP contribution in [0, 0.1) is 0 Å². The van der Waals surface area contributed by atoms with Crippen molar-refractivity contribution in [2.24, 2.45) is 0 Å². The summed E-state index contributed by atoms with van der Waals surface area (Å²) in [5.41, 5.74) is 1.76. The van der Waals surface area contributed by atoms with E-state index in [-0.39, 0.29) is 12.3 Å². The van der Waals surface area contributed by atoms with Gasteiger partial charge in [0.1, 0.15) is 12.4 Å². The van der Waals surface area contributed by atoms with E-state index in [2.05, 4.69) is 10.2 Å². The molecule has 0 heterocycles. The van der Waals surface area contributed by atoms with Gasteiger partial charge in [-0.2, -0.15) is 0 Å². The molecule has 2 aromatic rings. The molecule has 128 valence electrons. The number of carbonyl (C=O) groups excluding carboxylic acids is 1. The number of aliphatic hydroxyl groups is 1. The zero-order valence-electron chi connectivity index (χ0n) is 13.2. The van der Waals surface area contributed by atoms with Crippen LogP contribution in [0.25, 0.3) is 0 Å². The molecule has 1 amide bonds. The number of ether oxygens (including phenoxy) is 1. The molecule has 1 atom stereocenters. The number of carbonyl (C=O) groups is 1. The molecule has 0 spiro atoms. The van der Waals surface area contributed by atoms with Gasteiger partial charge in [0.25, 0.3) is 0 Å². The number of nitrogens with one attached hydrogen (secondary N) is 2. The van der Waals surface area contributed by atoms with E-state index in [4.69, 9.17) is 16.5 Å². The Hall–Kier alpha value is -2.08. The maximum atomic E-state index is 11.2. The number of halogens is 1. The zero-order valence-corrected chi connectivity index (χ0v) is 14.0. The Bertz CT molecular complexity index is 620. The van der Waals surface area contributed by atoms with Crippen molar-refractivity contribution in [3.05, 3.63) is 65.7 Å². The standard InChI is InChI=1S/C18H21ClN2O3/c19-21-18(23)12-14-6-8-16(9-7-14)24-11-10-20-13-17(22)15-4-2-1-3-5-15/h1-9,17,20,22H,10-13H2,(H,21,23). The van der Waals surface area contributed by atoms with Crippen molar-refractivity contribution >= 4 is 17.7 Å². The predicted molar refractivity (Wildman–Crippen MR) is 93.9 cm³/mol. The first-order valence-corrected chi connectivity index (χ1v) is 8.12. The minimum absolute atomic E-state index is 0.239. The minimum Gasteiger partial charge on any atom is -0.492 e. The molecule has 0 saturated heterocycles. The molecule has 6 heteroatoms. The van der Waals surface area contributed by atoms with E-state index in [0.29, 0.717) is 19.7 Å². The lowest BCUT2D eigenvalue weighted by molar-refractivity contribution is -0.118. The van der Waals surface area contributed by atoms with Gasteiger partial charge < -0.3 is 15.2 Å². The lowest BCUT2D eigenvalue weighted by Crippen LogP contribution is -2.26. The van der Waals surface area contributed by atoms with Gasteiger partial charge in [-0.05, 0) is 23.3 Å². The van der Waals surface area contributed by atoms with Crippen LogP contribution in [0.2, 0.25) is 0 Å². The lowest BCUT2D eigenvalue weighted by atomic mass is 10.1. The predicted octanol–water partition coefficient (Wildman–Crippen LogP) is 2.20. The van der Waals surface area contributed by atoms with E-state index in [1.807, 2.05) is 54.6 Å². The Morgan fingerprint density at radius 1 is 1.12 bits per heavy atom. The van der Waals surface area contributed by atoms with E-state index < -0.39 is 6.10 Å². The van der Waals surface area contributed by atoms with Crippen molar-refractivity contribution in [3.63, 3.8) is 0 Å². The van der Waals surface area contributed by atoms with Gasteiger partial charge >= 0.3 is 0 Å². The molecule has 24 heavy (non-hydrogen) atoms. The Morgan fingerprint density at radius 2 is 1.83 bits per heavy atom. The second kappa shape index (κ2) is 9.93. The molecule has 2 aromatic carbocycles. The van der Waals surface area contributed by atoms with Crippen molar-refractivity contribution in [2.75, 3.05) is 19.7 Å².